The van der Waals surface area contributed by atoms with Gasteiger partial charge in [-0.3, -0.25) is 9.17 Å². The molecule has 0 aliphatic heterocycles. The van der Waals surface area contributed by atoms with Crippen LogP contribution in [0.5, 0.6) is 0 Å². The van der Waals surface area contributed by atoms with E-state index in [0.717, 1.165) is 22.2 Å². The molecule has 2 aromatic rings. The second-order valence-electron chi connectivity index (χ2n) is 3.73. The molecule has 0 bridgehead atoms. The van der Waals surface area contributed by atoms with Gasteiger partial charge in [0, 0.05) is 11.1 Å². The number of hydrogen-bond donors (Lipinski definition) is 1. The number of aromatic nitrogens is 1. The standard InChI is InChI=1S/C11H12N2O3S/c1-8-2-4-10-6-9(3-5-11(10)13-8)7-16-17(12,14)15/h2-6H,7H2,1H3,(H2,12,14,15). The number of nitrogens with two attached hydrogens (primary N) is 1. The van der Waals surface area contributed by atoms with Gasteiger partial charge < -0.3 is 0 Å². The van der Waals surface area contributed by atoms with Gasteiger partial charge in [0.15, 0.2) is 0 Å². The van der Waals surface area contributed by atoms with Crippen LogP contribution in [-0.2, 0) is 21.1 Å². The van der Waals surface area contributed by atoms with Gasteiger partial charge in [-0.15, -0.1) is 0 Å². The van der Waals surface area contributed by atoms with Gasteiger partial charge in [0.2, 0.25) is 0 Å². The molecule has 0 unspecified atom stereocenters. The quantitative estimate of drug-likeness (QED) is 0.891. The van der Waals surface area contributed by atoms with Crippen molar-refractivity contribution in [1.29, 1.82) is 0 Å². The Morgan fingerprint density at radius 1 is 1.29 bits per heavy atom. The van der Waals surface area contributed by atoms with E-state index >= 15 is 0 Å². The molecule has 2 N–H and O–H groups in total. The smallest absolute Gasteiger partial charge is 0.253 e. The van der Waals surface area contributed by atoms with Crippen LogP contribution in [0, 0.1) is 6.92 Å². The molecule has 0 fully saturated rings. The normalized spacial score (nSPS) is 11.9. The number of hydrogen-bond acceptors (Lipinski definition) is 4. The first-order valence-corrected chi connectivity index (χ1v) is 6.45. The van der Waals surface area contributed by atoms with E-state index in [1.807, 2.05) is 31.2 Å². The Morgan fingerprint density at radius 3 is 2.76 bits per heavy atom. The minimum Gasteiger partial charge on any atom is -0.253 e. The predicted octanol–water partition coefficient (Wildman–Crippen LogP) is 1.26. The van der Waals surface area contributed by atoms with Gasteiger partial charge in [0.05, 0.1) is 12.1 Å². The lowest BCUT2D eigenvalue weighted by atomic mass is 10.1. The Bertz CT molecular complexity index is 653. The van der Waals surface area contributed by atoms with E-state index in [9.17, 15) is 8.42 Å². The fraction of sp³-hybridized carbons (Fsp3) is 0.182. The molecule has 2 rings (SSSR count). The maximum Gasteiger partial charge on any atom is 0.333 e. The summed E-state index contributed by atoms with van der Waals surface area (Å²) >= 11 is 0. The summed E-state index contributed by atoms with van der Waals surface area (Å²) in [6, 6.07) is 9.24. The molecule has 0 saturated heterocycles. The van der Waals surface area contributed by atoms with Crippen molar-refractivity contribution in [2.45, 2.75) is 13.5 Å². The summed E-state index contributed by atoms with van der Waals surface area (Å²) in [6.07, 6.45) is 0. The van der Waals surface area contributed by atoms with Crippen LogP contribution in [0.15, 0.2) is 30.3 Å². The highest BCUT2D eigenvalue weighted by Gasteiger charge is 2.04. The molecule has 0 aliphatic carbocycles. The van der Waals surface area contributed by atoms with Crippen molar-refractivity contribution in [3.63, 3.8) is 0 Å². The summed E-state index contributed by atoms with van der Waals surface area (Å²) < 4.78 is 25.8. The highest BCUT2D eigenvalue weighted by Crippen LogP contribution is 2.15. The summed E-state index contributed by atoms with van der Waals surface area (Å²) in [5, 5.41) is 5.69. The first-order chi connectivity index (χ1) is 7.94. The SMILES string of the molecule is Cc1ccc2cc(COS(N)(=O)=O)ccc2n1. The molecule has 90 valence electrons. The molecule has 17 heavy (non-hydrogen) atoms. The third kappa shape index (κ3) is 3.23. The van der Waals surface area contributed by atoms with E-state index in [-0.39, 0.29) is 6.61 Å². The Balaban J connectivity index is 2.29. The minimum atomic E-state index is -3.90. The van der Waals surface area contributed by atoms with Crippen LogP contribution in [0.2, 0.25) is 0 Å². The molecule has 0 saturated carbocycles. The monoisotopic (exact) mass is 252 g/mol. The number of aryl methyl sites for hydroxylation is 1. The number of nitrogens with zero attached hydrogens (tertiary/aromatic N) is 1. The van der Waals surface area contributed by atoms with E-state index in [2.05, 4.69) is 9.17 Å². The zero-order valence-electron chi connectivity index (χ0n) is 9.25. The van der Waals surface area contributed by atoms with Crippen molar-refractivity contribution in [3.05, 3.63) is 41.6 Å². The molecule has 1 aromatic carbocycles. The first kappa shape index (κ1) is 12.0. The second kappa shape index (κ2) is 4.40. The maximum absolute atomic E-state index is 10.7. The highest BCUT2D eigenvalue weighted by molar-refractivity contribution is 7.84. The van der Waals surface area contributed by atoms with E-state index < -0.39 is 10.3 Å². The van der Waals surface area contributed by atoms with Crippen LogP contribution < -0.4 is 5.14 Å². The van der Waals surface area contributed by atoms with Gasteiger partial charge in [-0.05, 0) is 30.7 Å². The molecule has 1 heterocycles. The molecule has 0 aliphatic rings. The summed E-state index contributed by atoms with van der Waals surface area (Å²) in [6.45, 7) is 1.85. The van der Waals surface area contributed by atoms with Gasteiger partial charge >= 0.3 is 10.3 Å². The molecule has 0 amide bonds. The molecule has 5 nitrogen and oxygen atoms in total. The second-order valence-corrected chi connectivity index (χ2v) is 4.96. The van der Waals surface area contributed by atoms with Gasteiger partial charge in [0.25, 0.3) is 0 Å². The zero-order valence-corrected chi connectivity index (χ0v) is 10.1. The summed E-state index contributed by atoms with van der Waals surface area (Å²) in [4.78, 5) is 4.34. The van der Waals surface area contributed by atoms with Crippen LogP contribution in [0.25, 0.3) is 10.9 Å². The van der Waals surface area contributed by atoms with Crippen molar-refractivity contribution in [1.82, 2.24) is 4.98 Å². The lowest BCUT2D eigenvalue weighted by Gasteiger charge is -2.04. The lowest BCUT2D eigenvalue weighted by molar-refractivity contribution is 0.309. The molecular formula is C11H12N2O3S. The molecule has 0 spiro atoms. The summed E-state index contributed by atoms with van der Waals surface area (Å²) in [5.41, 5.74) is 2.53. The van der Waals surface area contributed by atoms with Crippen molar-refractivity contribution in [2.24, 2.45) is 5.14 Å². The zero-order chi connectivity index (χ0) is 12.5. The molecule has 0 atom stereocenters. The molecular weight excluding hydrogens is 240 g/mol. The Labute approximate surface area is 99.5 Å². The van der Waals surface area contributed by atoms with E-state index in [1.165, 1.54) is 0 Å². The Morgan fingerprint density at radius 2 is 2.06 bits per heavy atom. The van der Waals surface area contributed by atoms with Crippen LogP contribution in [0.1, 0.15) is 11.3 Å². The first-order valence-electron chi connectivity index (χ1n) is 4.97. The molecule has 0 radical (unpaired) electrons. The summed E-state index contributed by atoms with van der Waals surface area (Å²) in [7, 11) is -3.90. The largest absolute Gasteiger partial charge is 0.333 e. The molecule has 6 heteroatoms. The van der Waals surface area contributed by atoms with Crippen LogP contribution in [-0.4, -0.2) is 13.4 Å². The lowest BCUT2D eigenvalue weighted by Crippen LogP contribution is -2.15. The average molecular weight is 252 g/mol. The van der Waals surface area contributed by atoms with Crippen LogP contribution in [0.3, 0.4) is 0 Å². The number of fused-ring (bicyclic) bond motifs is 1. The number of benzene rings is 1. The predicted molar refractivity (Wildman–Crippen MR) is 64.4 cm³/mol. The highest BCUT2D eigenvalue weighted by atomic mass is 32.2. The van der Waals surface area contributed by atoms with Crippen molar-refractivity contribution >= 4 is 21.2 Å². The van der Waals surface area contributed by atoms with Crippen molar-refractivity contribution < 1.29 is 12.6 Å². The summed E-state index contributed by atoms with van der Waals surface area (Å²) in [5.74, 6) is 0. The van der Waals surface area contributed by atoms with Gasteiger partial charge in [-0.2, -0.15) is 8.42 Å². The Hall–Kier alpha value is -1.50. The maximum atomic E-state index is 10.7. The average Bonchev–Trinajstić information content (AvgIpc) is 2.25. The van der Waals surface area contributed by atoms with Crippen LogP contribution >= 0.6 is 0 Å². The minimum absolute atomic E-state index is 0.0668. The number of rotatable bonds is 3. The van der Waals surface area contributed by atoms with E-state index in [4.69, 9.17) is 5.14 Å². The van der Waals surface area contributed by atoms with Gasteiger partial charge in [0.1, 0.15) is 0 Å². The fourth-order valence-electron chi connectivity index (χ4n) is 1.52. The van der Waals surface area contributed by atoms with Gasteiger partial charge in [-0.25, -0.2) is 5.14 Å². The van der Waals surface area contributed by atoms with Crippen LogP contribution in [0.4, 0.5) is 0 Å². The van der Waals surface area contributed by atoms with Crippen molar-refractivity contribution in [2.75, 3.05) is 0 Å². The van der Waals surface area contributed by atoms with E-state index in [1.54, 1.807) is 6.07 Å². The topological polar surface area (TPSA) is 82.3 Å². The third-order valence-corrected chi connectivity index (χ3v) is 2.73. The van der Waals surface area contributed by atoms with Crippen molar-refractivity contribution in [3.8, 4) is 0 Å². The fourth-order valence-corrected chi connectivity index (χ4v) is 1.82. The Kier molecular flexibility index (Phi) is 3.10. The third-order valence-electron chi connectivity index (χ3n) is 2.28. The van der Waals surface area contributed by atoms with E-state index in [0.29, 0.717) is 0 Å². The molecule has 1 aromatic heterocycles. The van der Waals surface area contributed by atoms with Gasteiger partial charge in [-0.1, -0.05) is 12.1 Å². The number of pyridine rings is 1.